The van der Waals surface area contributed by atoms with E-state index in [-0.39, 0.29) is 11.7 Å². The van der Waals surface area contributed by atoms with Gasteiger partial charge < -0.3 is 14.6 Å². The maximum Gasteiger partial charge on any atom is 0.335 e. The SMILES string of the molecule is CCOCC(C)OCc1ccc(C(=O)O)cc1Cl. The average Bonchev–Trinajstić information content (AvgIpc) is 2.34. The second kappa shape index (κ2) is 7.36. The van der Waals surface area contributed by atoms with Crippen LogP contribution in [0.5, 0.6) is 0 Å². The second-order valence-electron chi connectivity index (χ2n) is 3.89. The largest absolute Gasteiger partial charge is 0.478 e. The maximum absolute atomic E-state index is 10.7. The smallest absolute Gasteiger partial charge is 0.335 e. The molecule has 0 saturated heterocycles. The summed E-state index contributed by atoms with van der Waals surface area (Å²) >= 11 is 5.99. The third-order valence-electron chi connectivity index (χ3n) is 2.38. The molecule has 0 aliphatic carbocycles. The van der Waals surface area contributed by atoms with Crippen LogP contribution in [0.25, 0.3) is 0 Å². The molecule has 18 heavy (non-hydrogen) atoms. The van der Waals surface area contributed by atoms with E-state index < -0.39 is 5.97 Å². The number of carboxylic acids is 1. The van der Waals surface area contributed by atoms with Crippen LogP contribution in [0.15, 0.2) is 18.2 Å². The lowest BCUT2D eigenvalue weighted by molar-refractivity contribution is -0.0116. The van der Waals surface area contributed by atoms with Crippen LogP contribution in [0.4, 0.5) is 0 Å². The lowest BCUT2D eigenvalue weighted by Crippen LogP contribution is -2.16. The zero-order valence-corrected chi connectivity index (χ0v) is 11.2. The fourth-order valence-electron chi connectivity index (χ4n) is 1.36. The summed E-state index contributed by atoms with van der Waals surface area (Å²) in [6, 6.07) is 4.61. The monoisotopic (exact) mass is 272 g/mol. The van der Waals surface area contributed by atoms with E-state index in [0.717, 1.165) is 5.56 Å². The van der Waals surface area contributed by atoms with E-state index in [2.05, 4.69) is 0 Å². The Hall–Kier alpha value is -1.10. The summed E-state index contributed by atoms with van der Waals surface area (Å²) in [4.78, 5) is 10.7. The van der Waals surface area contributed by atoms with Crippen LogP contribution in [-0.2, 0) is 16.1 Å². The molecule has 0 aliphatic heterocycles. The van der Waals surface area contributed by atoms with Gasteiger partial charge in [0.1, 0.15) is 0 Å². The first kappa shape index (κ1) is 15.0. The Kier molecular flexibility index (Phi) is 6.12. The first-order valence-corrected chi connectivity index (χ1v) is 6.13. The highest BCUT2D eigenvalue weighted by Crippen LogP contribution is 2.19. The molecule has 1 rings (SSSR count). The molecule has 100 valence electrons. The number of aromatic carboxylic acids is 1. The number of benzene rings is 1. The molecule has 5 heteroatoms. The number of carboxylic acid groups (broad SMARTS) is 1. The summed E-state index contributed by atoms with van der Waals surface area (Å²) in [6.45, 7) is 5.36. The van der Waals surface area contributed by atoms with Crippen LogP contribution in [0.3, 0.4) is 0 Å². The fourth-order valence-corrected chi connectivity index (χ4v) is 1.60. The van der Waals surface area contributed by atoms with Crippen molar-refractivity contribution in [3.8, 4) is 0 Å². The highest BCUT2D eigenvalue weighted by Gasteiger charge is 2.09. The van der Waals surface area contributed by atoms with Gasteiger partial charge in [0.15, 0.2) is 0 Å². The normalized spacial score (nSPS) is 12.4. The molecule has 1 atom stereocenters. The zero-order valence-electron chi connectivity index (χ0n) is 10.5. The Morgan fingerprint density at radius 2 is 2.22 bits per heavy atom. The van der Waals surface area contributed by atoms with Gasteiger partial charge in [-0.15, -0.1) is 0 Å². The average molecular weight is 273 g/mol. The van der Waals surface area contributed by atoms with Gasteiger partial charge in [-0.3, -0.25) is 0 Å². The Balaban J connectivity index is 2.55. The van der Waals surface area contributed by atoms with Gasteiger partial charge in [-0.25, -0.2) is 4.79 Å². The van der Waals surface area contributed by atoms with Gasteiger partial charge in [0.2, 0.25) is 0 Å². The van der Waals surface area contributed by atoms with Gasteiger partial charge in [-0.1, -0.05) is 17.7 Å². The topological polar surface area (TPSA) is 55.8 Å². The molecule has 4 nitrogen and oxygen atoms in total. The minimum absolute atomic E-state index is 0.0276. The van der Waals surface area contributed by atoms with E-state index in [4.69, 9.17) is 26.2 Å². The summed E-state index contributed by atoms with van der Waals surface area (Å²) in [6.07, 6.45) is -0.0276. The van der Waals surface area contributed by atoms with E-state index in [1.54, 1.807) is 6.07 Å². The summed E-state index contributed by atoms with van der Waals surface area (Å²) in [5.74, 6) is -0.992. The minimum atomic E-state index is -0.992. The number of hydrogen-bond acceptors (Lipinski definition) is 3. The van der Waals surface area contributed by atoms with Gasteiger partial charge in [0.25, 0.3) is 0 Å². The van der Waals surface area contributed by atoms with Crippen molar-refractivity contribution in [3.05, 3.63) is 34.3 Å². The number of ether oxygens (including phenoxy) is 2. The molecule has 0 saturated carbocycles. The lowest BCUT2D eigenvalue weighted by atomic mass is 10.1. The molecular weight excluding hydrogens is 256 g/mol. The van der Waals surface area contributed by atoms with Crippen LogP contribution in [0.2, 0.25) is 5.02 Å². The highest BCUT2D eigenvalue weighted by molar-refractivity contribution is 6.31. The van der Waals surface area contributed by atoms with Crippen molar-refractivity contribution < 1.29 is 19.4 Å². The highest BCUT2D eigenvalue weighted by atomic mass is 35.5. The Morgan fingerprint density at radius 3 is 2.78 bits per heavy atom. The first-order valence-electron chi connectivity index (χ1n) is 5.75. The van der Waals surface area contributed by atoms with Crippen LogP contribution >= 0.6 is 11.6 Å². The Bertz CT molecular complexity index is 406. The zero-order chi connectivity index (χ0) is 13.5. The molecule has 0 amide bonds. The van der Waals surface area contributed by atoms with Gasteiger partial charge in [-0.2, -0.15) is 0 Å². The molecule has 1 N–H and O–H groups in total. The van der Waals surface area contributed by atoms with Crippen LogP contribution in [-0.4, -0.2) is 30.4 Å². The fraction of sp³-hybridized carbons (Fsp3) is 0.462. The summed E-state index contributed by atoms with van der Waals surface area (Å²) in [5.41, 5.74) is 0.941. The summed E-state index contributed by atoms with van der Waals surface area (Å²) in [5, 5.41) is 9.21. The van der Waals surface area contributed by atoms with E-state index in [9.17, 15) is 4.79 Å². The number of halogens is 1. The first-order chi connectivity index (χ1) is 8.54. The quantitative estimate of drug-likeness (QED) is 0.829. The summed E-state index contributed by atoms with van der Waals surface area (Å²) < 4.78 is 10.8. The van der Waals surface area contributed by atoms with E-state index in [1.165, 1.54) is 12.1 Å². The van der Waals surface area contributed by atoms with E-state index in [1.807, 2.05) is 13.8 Å². The molecule has 1 aromatic rings. The van der Waals surface area contributed by atoms with Crippen molar-refractivity contribution in [2.24, 2.45) is 0 Å². The van der Waals surface area contributed by atoms with Crippen molar-refractivity contribution in [1.29, 1.82) is 0 Å². The van der Waals surface area contributed by atoms with Crippen molar-refractivity contribution in [3.63, 3.8) is 0 Å². The summed E-state index contributed by atoms with van der Waals surface area (Å²) in [7, 11) is 0. The Labute approximate surface area is 111 Å². The van der Waals surface area contributed by atoms with Gasteiger partial charge in [0, 0.05) is 11.6 Å². The standard InChI is InChI=1S/C13H17ClO4/c1-3-17-7-9(2)18-8-11-5-4-10(13(15)16)6-12(11)14/h4-6,9H,3,7-8H2,1-2H3,(H,15,16). The molecule has 1 aromatic carbocycles. The van der Waals surface area contributed by atoms with Crippen molar-refractivity contribution in [2.45, 2.75) is 26.6 Å². The Morgan fingerprint density at radius 1 is 1.50 bits per heavy atom. The van der Waals surface area contributed by atoms with Crippen molar-refractivity contribution >= 4 is 17.6 Å². The third-order valence-corrected chi connectivity index (χ3v) is 2.73. The number of rotatable bonds is 7. The van der Waals surface area contributed by atoms with E-state index >= 15 is 0 Å². The molecule has 0 spiro atoms. The number of hydrogen-bond donors (Lipinski definition) is 1. The van der Waals surface area contributed by atoms with Crippen molar-refractivity contribution in [2.75, 3.05) is 13.2 Å². The number of carbonyl (C=O) groups is 1. The van der Waals surface area contributed by atoms with Gasteiger partial charge >= 0.3 is 5.97 Å². The second-order valence-corrected chi connectivity index (χ2v) is 4.30. The lowest BCUT2D eigenvalue weighted by Gasteiger charge is -2.13. The van der Waals surface area contributed by atoms with E-state index in [0.29, 0.717) is 24.8 Å². The molecule has 0 bridgehead atoms. The molecule has 0 radical (unpaired) electrons. The molecule has 0 fully saturated rings. The molecule has 0 aromatic heterocycles. The molecular formula is C13H17ClO4. The van der Waals surface area contributed by atoms with Crippen LogP contribution < -0.4 is 0 Å². The molecule has 0 heterocycles. The minimum Gasteiger partial charge on any atom is -0.478 e. The predicted octanol–water partition coefficient (Wildman–Crippen LogP) is 2.98. The van der Waals surface area contributed by atoms with Crippen molar-refractivity contribution in [1.82, 2.24) is 0 Å². The third kappa shape index (κ3) is 4.64. The van der Waals surface area contributed by atoms with Gasteiger partial charge in [-0.05, 0) is 31.5 Å². The molecule has 0 aliphatic rings. The maximum atomic E-state index is 10.7. The van der Waals surface area contributed by atoms with Crippen LogP contribution in [0.1, 0.15) is 29.8 Å². The predicted molar refractivity (Wildman–Crippen MR) is 69.2 cm³/mol. The molecule has 1 unspecified atom stereocenters. The van der Waals surface area contributed by atoms with Crippen LogP contribution in [0, 0.1) is 0 Å². The van der Waals surface area contributed by atoms with Gasteiger partial charge in [0.05, 0.1) is 24.9 Å².